The molecular weight excluding hydrogens is 474 g/mol. The van der Waals surface area contributed by atoms with Crippen LogP contribution in [0.1, 0.15) is 11.3 Å². The van der Waals surface area contributed by atoms with E-state index in [0.717, 1.165) is 23.1 Å². The SMILES string of the molecule is c1ccc(-c2c(-c3ccccc3)[n+](Cc3ccc4ccccc4c3)cn2Cc2ccc3ccccc3n2)cc1. The summed E-state index contributed by atoms with van der Waals surface area (Å²) < 4.78 is 4.75. The Hall–Kier alpha value is -5.02. The lowest BCUT2D eigenvalue weighted by atomic mass is 10.0. The summed E-state index contributed by atoms with van der Waals surface area (Å²) in [5, 5.41) is 3.69. The molecule has 0 saturated heterocycles. The van der Waals surface area contributed by atoms with Crippen molar-refractivity contribution in [3.63, 3.8) is 0 Å². The number of nitrogens with zero attached hydrogens (tertiary/aromatic N) is 3. The molecule has 0 fully saturated rings. The van der Waals surface area contributed by atoms with Gasteiger partial charge in [0.2, 0.25) is 6.33 Å². The van der Waals surface area contributed by atoms with Crippen LogP contribution in [0.25, 0.3) is 44.2 Å². The number of rotatable bonds is 6. The van der Waals surface area contributed by atoms with E-state index < -0.39 is 0 Å². The zero-order valence-corrected chi connectivity index (χ0v) is 21.6. The molecule has 2 heterocycles. The Morgan fingerprint density at radius 3 is 2.00 bits per heavy atom. The molecule has 0 N–H and O–H groups in total. The van der Waals surface area contributed by atoms with Gasteiger partial charge in [0, 0.05) is 16.5 Å². The number of para-hydroxylation sites is 1. The van der Waals surface area contributed by atoms with Crippen LogP contribution in [0.5, 0.6) is 0 Å². The number of imidazole rings is 1. The minimum atomic E-state index is 0.680. The molecule has 3 nitrogen and oxygen atoms in total. The van der Waals surface area contributed by atoms with Gasteiger partial charge in [-0.1, -0.05) is 121 Å². The van der Waals surface area contributed by atoms with Gasteiger partial charge in [-0.05, 0) is 34.5 Å². The van der Waals surface area contributed by atoms with Crippen molar-refractivity contribution < 1.29 is 4.57 Å². The first-order chi connectivity index (χ1) is 19.3. The third kappa shape index (κ3) is 4.60. The molecule has 0 aliphatic rings. The summed E-state index contributed by atoms with van der Waals surface area (Å²) in [6, 6.07) is 49.4. The Balaban J connectivity index is 1.40. The van der Waals surface area contributed by atoms with Gasteiger partial charge in [0.05, 0.1) is 11.2 Å². The second-order valence-electron chi connectivity index (χ2n) is 9.98. The molecule has 0 unspecified atom stereocenters. The average Bonchev–Trinajstić information content (AvgIpc) is 3.35. The van der Waals surface area contributed by atoms with Crippen LogP contribution < -0.4 is 4.57 Å². The molecule has 0 amide bonds. The number of benzene rings is 5. The fourth-order valence-electron chi connectivity index (χ4n) is 5.50. The molecule has 0 aliphatic heterocycles. The lowest BCUT2D eigenvalue weighted by molar-refractivity contribution is -0.677. The summed E-state index contributed by atoms with van der Waals surface area (Å²) in [5.74, 6) is 0. The van der Waals surface area contributed by atoms with Crippen LogP contribution >= 0.6 is 0 Å². The zero-order chi connectivity index (χ0) is 26.0. The van der Waals surface area contributed by atoms with Crippen molar-refractivity contribution in [1.82, 2.24) is 9.55 Å². The van der Waals surface area contributed by atoms with E-state index >= 15 is 0 Å². The maximum Gasteiger partial charge on any atom is 0.245 e. The minimum absolute atomic E-state index is 0.680. The van der Waals surface area contributed by atoms with E-state index in [1.165, 1.54) is 38.9 Å². The van der Waals surface area contributed by atoms with Crippen molar-refractivity contribution in [3.8, 4) is 22.5 Å². The van der Waals surface area contributed by atoms with E-state index in [1.807, 2.05) is 0 Å². The smallest absolute Gasteiger partial charge is 0.245 e. The quantitative estimate of drug-likeness (QED) is 0.212. The van der Waals surface area contributed by atoms with Gasteiger partial charge in [0.15, 0.2) is 11.4 Å². The van der Waals surface area contributed by atoms with Crippen molar-refractivity contribution >= 4 is 21.7 Å². The minimum Gasteiger partial charge on any atom is -0.249 e. The zero-order valence-electron chi connectivity index (χ0n) is 21.6. The molecule has 0 aliphatic carbocycles. The Labute approximate surface area is 228 Å². The van der Waals surface area contributed by atoms with E-state index in [4.69, 9.17) is 4.98 Å². The number of hydrogen-bond acceptors (Lipinski definition) is 1. The van der Waals surface area contributed by atoms with Gasteiger partial charge >= 0.3 is 0 Å². The van der Waals surface area contributed by atoms with E-state index in [9.17, 15) is 0 Å². The molecule has 7 rings (SSSR count). The van der Waals surface area contributed by atoms with Crippen LogP contribution in [-0.4, -0.2) is 9.55 Å². The summed E-state index contributed by atoms with van der Waals surface area (Å²) in [5.41, 5.74) is 8.12. The van der Waals surface area contributed by atoms with Gasteiger partial charge in [0.1, 0.15) is 13.1 Å². The van der Waals surface area contributed by atoms with E-state index in [2.05, 4.69) is 155 Å². The molecule has 7 aromatic rings. The molecule has 0 bridgehead atoms. The number of pyridine rings is 1. The number of aromatic nitrogens is 3. The van der Waals surface area contributed by atoms with Crippen LogP contribution in [-0.2, 0) is 13.1 Å². The average molecular weight is 503 g/mol. The fourth-order valence-corrected chi connectivity index (χ4v) is 5.50. The summed E-state index contributed by atoms with van der Waals surface area (Å²) in [4.78, 5) is 5.01. The van der Waals surface area contributed by atoms with Gasteiger partial charge in [0.25, 0.3) is 0 Å². The molecule has 2 aromatic heterocycles. The third-order valence-electron chi connectivity index (χ3n) is 7.33. The Morgan fingerprint density at radius 1 is 0.564 bits per heavy atom. The van der Waals surface area contributed by atoms with Gasteiger partial charge < -0.3 is 0 Å². The van der Waals surface area contributed by atoms with E-state index in [0.29, 0.717) is 6.54 Å². The first-order valence-electron chi connectivity index (χ1n) is 13.4. The maximum absolute atomic E-state index is 5.01. The van der Waals surface area contributed by atoms with Crippen molar-refractivity contribution in [3.05, 3.63) is 157 Å². The van der Waals surface area contributed by atoms with E-state index in [-0.39, 0.29) is 0 Å². The standard InChI is InChI=1S/C36H28N3/c1-3-13-30(14-4-1)35-36(31-15-5-2-6-16-31)39(25-33-22-21-29-12-9-10-18-34(29)37-33)26-38(35)24-27-19-20-28-11-7-8-17-32(28)23-27/h1-23,26H,24-25H2/q+1. The van der Waals surface area contributed by atoms with E-state index in [1.54, 1.807) is 0 Å². The van der Waals surface area contributed by atoms with Gasteiger partial charge in [-0.15, -0.1) is 0 Å². The van der Waals surface area contributed by atoms with Gasteiger partial charge in [-0.2, -0.15) is 0 Å². The van der Waals surface area contributed by atoms with Gasteiger partial charge in [-0.25, -0.2) is 14.1 Å². The van der Waals surface area contributed by atoms with Crippen LogP contribution in [0.15, 0.2) is 146 Å². The molecular formula is C36H28N3+. The molecule has 3 heteroatoms. The summed E-state index contributed by atoms with van der Waals surface area (Å²) in [6.07, 6.45) is 2.26. The largest absolute Gasteiger partial charge is 0.249 e. The summed E-state index contributed by atoms with van der Waals surface area (Å²) in [6.45, 7) is 1.45. The molecule has 186 valence electrons. The molecule has 5 aromatic carbocycles. The van der Waals surface area contributed by atoms with Gasteiger partial charge in [-0.3, -0.25) is 0 Å². The Morgan fingerprint density at radius 2 is 1.21 bits per heavy atom. The third-order valence-corrected chi connectivity index (χ3v) is 7.33. The summed E-state index contributed by atoms with van der Waals surface area (Å²) >= 11 is 0. The molecule has 0 saturated carbocycles. The first-order valence-corrected chi connectivity index (χ1v) is 13.4. The Bertz CT molecular complexity index is 1760. The fraction of sp³-hybridized carbons (Fsp3) is 0.0556. The molecule has 0 spiro atoms. The second kappa shape index (κ2) is 10.0. The lowest BCUT2D eigenvalue weighted by Gasteiger charge is -2.07. The normalized spacial score (nSPS) is 11.3. The molecule has 0 radical (unpaired) electrons. The summed E-state index contributed by atoms with van der Waals surface area (Å²) in [7, 11) is 0. The number of fused-ring (bicyclic) bond motifs is 2. The molecule has 0 atom stereocenters. The van der Waals surface area contributed by atoms with Crippen LogP contribution in [0, 0.1) is 0 Å². The predicted octanol–water partition coefficient (Wildman–Crippen LogP) is 7.91. The highest BCUT2D eigenvalue weighted by molar-refractivity contribution is 5.83. The van der Waals surface area contributed by atoms with Crippen LogP contribution in [0.3, 0.4) is 0 Å². The van der Waals surface area contributed by atoms with Crippen LogP contribution in [0.4, 0.5) is 0 Å². The number of hydrogen-bond donors (Lipinski definition) is 0. The predicted molar refractivity (Wildman–Crippen MR) is 159 cm³/mol. The first kappa shape index (κ1) is 23.1. The van der Waals surface area contributed by atoms with Crippen molar-refractivity contribution in [1.29, 1.82) is 0 Å². The van der Waals surface area contributed by atoms with Crippen molar-refractivity contribution in [2.75, 3.05) is 0 Å². The highest BCUT2D eigenvalue weighted by atomic mass is 15.2. The highest BCUT2D eigenvalue weighted by Gasteiger charge is 2.26. The lowest BCUT2D eigenvalue weighted by Crippen LogP contribution is -2.34. The second-order valence-corrected chi connectivity index (χ2v) is 9.98. The Kier molecular flexibility index (Phi) is 5.95. The van der Waals surface area contributed by atoms with Crippen molar-refractivity contribution in [2.45, 2.75) is 13.1 Å². The van der Waals surface area contributed by atoms with Crippen LogP contribution in [0.2, 0.25) is 0 Å². The topological polar surface area (TPSA) is 21.7 Å². The monoisotopic (exact) mass is 502 g/mol. The highest BCUT2D eigenvalue weighted by Crippen LogP contribution is 2.31. The maximum atomic E-state index is 5.01. The van der Waals surface area contributed by atoms with Crippen molar-refractivity contribution in [2.24, 2.45) is 0 Å². The molecule has 39 heavy (non-hydrogen) atoms.